The van der Waals surface area contributed by atoms with E-state index in [1.807, 2.05) is 0 Å². The van der Waals surface area contributed by atoms with Gasteiger partial charge in [0.05, 0.1) is 34.0 Å². The first-order valence-electron chi connectivity index (χ1n) is 6.71. The molecule has 0 spiro atoms. The van der Waals surface area contributed by atoms with Crippen LogP contribution in [-0.4, -0.2) is 54.5 Å². The number of imidazole rings is 1. The summed E-state index contributed by atoms with van der Waals surface area (Å²) < 4.78 is 22.7. The van der Waals surface area contributed by atoms with E-state index in [0.29, 0.717) is 11.0 Å². The van der Waals surface area contributed by atoms with E-state index in [-0.39, 0.29) is 10.0 Å². The number of nitrogens with zero attached hydrogens (tertiary/aromatic N) is 2. The lowest BCUT2D eigenvalue weighted by molar-refractivity contribution is -0.0503. The van der Waals surface area contributed by atoms with Crippen LogP contribution in [0.4, 0.5) is 0 Å². The van der Waals surface area contributed by atoms with Crippen molar-refractivity contribution in [3.63, 3.8) is 0 Å². The number of phosphoric acid groups is 1. The summed E-state index contributed by atoms with van der Waals surface area (Å²) in [5, 5.41) is 19.9. The number of hydrogen-bond donors (Lipinski definition) is 4. The van der Waals surface area contributed by atoms with Gasteiger partial charge in [0.2, 0.25) is 0 Å². The number of aliphatic hydroxyl groups is 2. The average Bonchev–Trinajstić information content (AvgIpc) is 3.00. The molecule has 4 N–H and O–H groups in total. The minimum Gasteiger partial charge on any atom is -0.394 e. The third-order valence-electron chi connectivity index (χ3n) is 3.64. The Morgan fingerprint density at radius 1 is 1.33 bits per heavy atom. The molecule has 0 aliphatic carbocycles. The van der Waals surface area contributed by atoms with Gasteiger partial charge in [-0.2, -0.15) is 0 Å². The Morgan fingerprint density at radius 3 is 2.62 bits per heavy atom. The molecule has 0 saturated carbocycles. The van der Waals surface area contributed by atoms with Gasteiger partial charge in [-0.05, 0) is 12.1 Å². The van der Waals surface area contributed by atoms with E-state index in [1.165, 1.54) is 23.0 Å². The molecule has 1 saturated heterocycles. The Bertz CT molecular complexity index is 810. The Morgan fingerprint density at radius 2 is 2.00 bits per heavy atom. The zero-order valence-corrected chi connectivity index (χ0v) is 14.3. The maximum atomic E-state index is 11.2. The molecular weight excluding hydrogens is 386 g/mol. The molecule has 0 amide bonds. The molecule has 4 atom stereocenters. The van der Waals surface area contributed by atoms with Crippen molar-refractivity contribution in [3.05, 3.63) is 28.5 Å². The first kappa shape index (κ1) is 18.1. The predicted octanol–water partition coefficient (Wildman–Crippen LogP) is 1.07. The van der Waals surface area contributed by atoms with E-state index in [2.05, 4.69) is 9.51 Å². The van der Waals surface area contributed by atoms with Crippen LogP contribution in [0.3, 0.4) is 0 Å². The summed E-state index contributed by atoms with van der Waals surface area (Å²) in [6, 6.07) is 3.02. The van der Waals surface area contributed by atoms with E-state index in [1.54, 1.807) is 0 Å². The Labute approximate surface area is 145 Å². The summed E-state index contributed by atoms with van der Waals surface area (Å²) in [6.45, 7) is -0.558. The lowest BCUT2D eigenvalue weighted by Gasteiger charge is -2.22. The Hall–Kier alpha value is -0.740. The number of aliphatic hydroxyl groups excluding tert-OH is 2. The minimum absolute atomic E-state index is 0.246. The number of halogens is 2. The summed E-state index contributed by atoms with van der Waals surface area (Å²) in [7, 11) is -4.91. The van der Waals surface area contributed by atoms with Crippen molar-refractivity contribution in [1.82, 2.24) is 9.55 Å². The molecular formula is C12H13Cl2N2O7P. The zero-order valence-electron chi connectivity index (χ0n) is 11.9. The molecule has 24 heavy (non-hydrogen) atoms. The number of phosphoric ester groups is 1. The van der Waals surface area contributed by atoms with Crippen molar-refractivity contribution >= 4 is 42.1 Å². The summed E-state index contributed by atoms with van der Waals surface area (Å²) in [6.07, 6.45) is -3.74. The van der Waals surface area contributed by atoms with Gasteiger partial charge in [0.25, 0.3) is 0 Å². The summed E-state index contributed by atoms with van der Waals surface area (Å²) in [5.74, 6) is 0. The van der Waals surface area contributed by atoms with E-state index < -0.39 is 39.0 Å². The van der Waals surface area contributed by atoms with Crippen molar-refractivity contribution in [2.75, 3.05) is 6.61 Å². The van der Waals surface area contributed by atoms with Crippen LogP contribution in [0.1, 0.15) is 6.23 Å². The lowest BCUT2D eigenvalue weighted by atomic mass is 10.1. The molecule has 0 bridgehead atoms. The van der Waals surface area contributed by atoms with Gasteiger partial charge in [-0.1, -0.05) is 23.2 Å². The Kier molecular flexibility index (Phi) is 4.91. The SMILES string of the molecule is O=P(O)(O)O[C@@H]1[C@H](O)[C@@H](CO)O[C@H]1n1cnc2cc(Cl)c(Cl)cc21. The highest BCUT2D eigenvalue weighted by Crippen LogP contribution is 2.45. The fourth-order valence-corrected chi connectivity index (χ4v) is 3.45. The molecule has 2 heterocycles. The standard InChI is InChI=1S/C12H13Cl2N2O7P/c13-5-1-7-8(2-6(5)14)16(4-15-7)12-11(23-24(19,20)21)10(18)9(3-17)22-12/h1-2,4,9-12,17-18H,3H2,(H2,19,20,21)/t9-,10-,11-,12-/m1/s1. The van der Waals surface area contributed by atoms with E-state index >= 15 is 0 Å². The van der Waals surface area contributed by atoms with Crippen molar-refractivity contribution in [3.8, 4) is 0 Å². The third kappa shape index (κ3) is 3.32. The highest BCUT2D eigenvalue weighted by Gasteiger charge is 2.48. The second-order valence-electron chi connectivity index (χ2n) is 5.21. The maximum absolute atomic E-state index is 11.2. The van der Waals surface area contributed by atoms with Crippen LogP contribution in [0.15, 0.2) is 18.5 Å². The zero-order chi connectivity index (χ0) is 17.6. The van der Waals surface area contributed by atoms with Crippen LogP contribution in [0.25, 0.3) is 11.0 Å². The van der Waals surface area contributed by atoms with Gasteiger partial charge in [0.1, 0.15) is 18.3 Å². The van der Waals surface area contributed by atoms with Crippen molar-refractivity contribution in [2.45, 2.75) is 24.5 Å². The van der Waals surface area contributed by atoms with Crippen molar-refractivity contribution in [1.29, 1.82) is 0 Å². The smallest absolute Gasteiger partial charge is 0.394 e. The molecule has 2 aromatic rings. The molecule has 3 rings (SSSR count). The van der Waals surface area contributed by atoms with Gasteiger partial charge in [0.15, 0.2) is 6.23 Å². The monoisotopic (exact) mass is 398 g/mol. The molecule has 1 aliphatic rings. The highest BCUT2D eigenvalue weighted by molar-refractivity contribution is 7.46. The normalized spacial score (nSPS) is 27.9. The van der Waals surface area contributed by atoms with E-state index in [9.17, 15) is 14.8 Å². The molecule has 132 valence electrons. The molecule has 1 aromatic carbocycles. The number of rotatable bonds is 4. The molecule has 12 heteroatoms. The van der Waals surface area contributed by atoms with E-state index in [0.717, 1.165) is 0 Å². The Balaban J connectivity index is 2.05. The molecule has 1 fully saturated rings. The van der Waals surface area contributed by atoms with Crippen LogP contribution in [0.5, 0.6) is 0 Å². The first-order chi connectivity index (χ1) is 11.2. The summed E-state index contributed by atoms with van der Waals surface area (Å²) >= 11 is 11.9. The van der Waals surface area contributed by atoms with Gasteiger partial charge >= 0.3 is 7.82 Å². The van der Waals surface area contributed by atoms with Crippen LogP contribution in [-0.2, 0) is 13.8 Å². The first-order valence-corrected chi connectivity index (χ1v) is 9.00. The fraction of sp³-hybridized carbons (Fsp3) is 0.417. The van der Waals surface area contributed by atoms with Crippen molar-refractivity contribution in [2.24, 2.45) is 0 Å². The number of benzene rings is 1. The molecule has 0 radical (unpaired) electrons. The second kappa shape index (κ2) is 6.53. The molecule has 0 unspecified atom stereocenters. The third-order valence-corrected chi connectivity index (χ3v) is 4.88. The molecule has 9 nitrogen and oxygen atoms in total. The average molecular weight is 399 g/mol. The van der Waals surface area contributed by atoms with Gasteiger partial charge in [-0.25, -0.2) is 9.55 Å². The number of aromatic nitrogens is 2. The molecule has 1 aliphatic heterocycles. The van der Waals surface area contributed by atoms with Crippen LogP contribution < -0.4 is 0 Å². The fourth-order valence-electron chi connectivity index (χ4n) is 2.59. The van der Waals surface area contributed by atoms with Gasteiger partial charge < -0.3 is 29.3 Å². The quantitative estimate of drug-likeness (QED) is 0.561. The molecule has 1 aromatic heterocycles. The lowest BCUT2D eigenvalue weighted by Crippen LogP contribution is -2.34. The van der Waals surface area contributed by atoms with Crippen LogP contribution in [0.2, 0.25) is 10.0 Å². The highest BCUT2D eigenvalue weighted by atomic mass is 35.5. The van der Waals surface area contributed by atoms with Gasteiger partial charge in [-0.15, -0.1) is 0 Å². The van der Waals surface area contributed by atoms with E-state index in [4.69, 9.17) is 37.7 Å². The number of hydrogen-bond acceptors (Lipinski definition) is 6. The van der Waals surface area contributed by atoms with Crippen molar-refractivity contribution < 1.29 is 33.8 Å². The van der Waals surface area contributed by atoms with Crippen LogP contribution in [0, 0.1) is 0 Å². The van der Waals surface area contributed by atoms with Crippen LogP contribution >= 0.6 is 31.0 Å². The van der Waals surface area contributed by atoms with Gasteiger partial charge in [0, 0.05) is 0 Å². The number of ether oxygens (including phenoxy) is 1. The number of fused-ring (bicyclic) bond motifs is 1. The summed E-state index contributed by atoms with van der Waals surface area (Å²) in [5.41, 5.74) is 0.921. The topological polar surface area (TPSA) is 134 Å². The van der Waals surface area contributed by atoms with Gasteiger partial charge in [-0.3, -0.25) is 4.52 Å². The largest absolute Gasteiger partial charge is 0.470 e. The maximum Gasteiger partial charge on any atom is 0.470 e. The predicted molar refractivity (Wildman–Crippen MR) is 83.7 cm³/mol. The minimum atomic E-state index is -4.91. The summed E-state index contributed by atoms with van der Waals surface area (Å²) in [4.78, 5) is 22.2. The second-order valence-corrected chi connectivity index (χ2v) is 7.21.